The molecule has 0 radical (unpaired) electrons. The maximum Gasteiger partial charge on any atom is 0.247 e. The van der Waals surface area contributed by atoms with Crippen LogP contribution in [0.5, 0.6) is 0 Å². The summed E-state index contributed by atoms with van der Waals surface area (Å²) in [6.45, 7) is 5.54. The first-order valence-electron chi connectivity index (χ1n) is 10.5. The number of sulfonamides is 1. The standard InChI is InChI=1S/C23H28ClN3O4S/c1-17(2)12-13-25-22(29)23(3)16-26(32(30,31)20-10-5-4-6-11-20)15-21(28)27(23)19-9-7-8-18(24)14-19/h4-11,14,17H,12-13,15-16H2,1-3H3,(H,25,29). The molecule has 32 heavy (non-hydrogen) atoms. The Labute approximate surface area is 194 Å². The van der Waals surface area contributed by atoms with E-state index in [1.807, 2.05) is 13.8 Å². The molecule has 0 aliphatic carbocycles. The van der Waals surface area contributed by atoms with Gasteiger partial charge in [-0.25, -0.2) is 8.42 Å². The van der Waals surface area contributed by atoms with Crippen LogP contribution in [-0.4, -0.2) is 49.7 Å². The number of carbonyl (C=O) groups is 2. The van der Waals surface area contributed by atoms with Gasteiger partial charge in [-0.3, -0.25) is 14.5 Å². The lowest BCUT2D eigenvalue weighted by Crippen LogP contribution is -2.70. The Morgan fingerprint density at radius 3 is 2.47 bits per heavy atom. The molecule has 2 aromatic rings. The average Bonchev–Trinajstić information content (AvgIpc) is 2.73. The summed E-state index contributed by atoms with van der Waals surface area (Å²) < 4.78 is 27.6. The van der Waals surface area contributed by atoms with E-state index >= 15 is 0 Å². The molecule has 172 valence electrons. The first-order chi connectivity index (χ1) is 15.1. The van der Waals surface area contributed by atoms with Gasteiger partial charge in [-0.05, 0) is 49.6 Å². The van der Waals surface area contributed by atoms with Crippen LogP contribution in [0, 0.1) is 5.92 Å². The highest BCUT2D eigenvalue weighted by Crippen LogP contribution is 2.33. The monoisotopic (exact) mass is 477 g/mol. The summed E-state index contributed by atoms with van der Waals surface area (Å²) in [5.41, 5.74) is -1.01. The highest BCUT2D eigenvalue weighted by molar-refractivity contribution is 7.89. The molecular weight excluding hydrogens is 450 g/mol. The van der Waals surface area contributed by atoms with Crippen molar-refractivity contribution in [2.75, 3.05) is 24.5 Å². The second-order valence-electron chi connectivity index (χ2n) is 8.51. The zero-order valence-electron chi connectivity index (χ0n) is 18.4. The number of carbonyl (C=O) groups excluding carboxylic acids is 2. The molecule has 1 aliphatic rings. The van der Waals surface area contributed by atoms with Crippen LogP contribution in [0.15, 0.2) is 59.5 Å². The van der Waals surface area contributed by atoms with Crippen LogP contribution in [0.2, 0.25) is 5.02 Å². The first kappa shape index (κ1) is 24.2. The number of benzene rings is 2. The van der Waals surface area contributed by atoms with Crippen molar-refractivity contribution < 1.29 is 18.0 Å². The van der Waals surface area contributed by atoms with E-state index in [1.54, 1.807) is 49.4 Å². The predicted molar refractivity (Wildman–Crippen MR) is 125 cm³/mol. The molecule has 2 amide bonds. The molecule has 7 nitrogen and oxygen atoms in total. The fourth-order valence-electron chi connectivity index (χ4n) is 3.76. The Bertz CT molecular complexity index is 1090. The Morgan fingerprint density at radius 2 is 1.84 bits per heavy atom. The third kappa shape index (κ3) is 4.98. The number of anilines is 1. The minimum Gasteiger partial charge on any atom is -0.354 e. The van der Waals surface area contributed by atoms with Crippen LogP contribution in [0.25, 0.3) is 0 Å². The van der Waals surface area contributed by atoms with Crippen LogP contribution < -0.4 is 10.2 Å². The van der Waals surface area contributed by atoms with Crippen molar-refractivity contribution in [2.45, 2.75) is 37.6 Å². The normalized spacial score (nSPS) is 19.9. The molecule has 1 heterocycles. The SMILES string of the molecule is CC(C)CCNC(=O)C1(C)CN(S(=O)(=O)c2ccccc2)CC(=O)N1c1cccc(Cl)c1. The van der Waals surface area contributed by atoms with Gasteiger partial charge in [-0.2, -0.15) is 4.31 Å². The summed E-state index contributed by atoms with van der Waals surface area (Å²) in [5.74, 6) is -0.533. The molecule has 1 saturated heterocycles. The number of nitrogens with one attached hydrogen (secondary N) is 1. The van der Waals surface area contributed by atoms with E-state index in [0.717, 1.165) is 10.7 Å². The van der Waals surface area contributed by atoms with Gasteiger partial charge in [-0.15, -0.1) is 0 Å². The minimum absolute atomic E-state index is 0.0755. The second kappa shape index (κ2) is 9.60. The van der Waals surface area contributed by atoms with Gasteiger partial charge in [0, 0.05) is 23.8 Å². The van der Waals surface area contributed by atoms with Crippen molar-refractivity contribution in [1.29, 1.82) is 0 Å². The Kier molecular flexibility index (Phi) is 7.27. The number of hydrogen-bond donors (Lipinski definition) is 1. The number of amides is 2. The zero-order chi connectivity index (χ0) is 23.5. The van der Waals surface area contributed by atoms with E-state index in [1.165, 1.54) is 17.0 Å². The maximum absolute atomic E-state index is 13.4. The van der Waals surface area contributed by atoms with E-state index in [-0.39, 0.29) is 18.0 Å². The highest BCUT2D eigenvalue weighted by Gasteiger charge is 2.51. The van der Waals surface area contributed by atoms with Crippen molar-refractivity contribution in [3.63, 3.8) is 0 Å². The number of nitrogens with zero attached hydrogens (tertiary/aromatic N) is 2. The third-order valence-corrected chi connectivity index (χ3v) is 7.52. The van der Waals surface area contributed by atoms with Crippen molar-refractivity contribution in [2.24, 2.45) is 5.92 Å². The van der Waals surface area contributed by atoms with E-state index in [4.69, 9.17) is 11.6 Å². The van der Waals surface area contributed by atoms with Crippen molar-refractivity contribution in [1.82, 2.24) is 9.62 Å². The summed E-state index contributed by atoms with van der Waals surface area (Å²) in [4.78, 5) is 28.1. The number of halogens is 1. The second-order valence-corrected chi connectivity index (χ2v) is 10.9. The van der Waals surface area contributed by atoms with Crippen molar-refractivity contribution in [3.8, 4) is 0 Å². The van der Waals surface area contributed by atoms with E-state index in [9.17, 15) is 18.0 Å². The van der Waals surface area contributed by atoms with Gasteiger partial charge in [-0.1, -0.05) is 49.7 Å². The summed E-state index contributed by atoms with van der Waals surface area (Å²) in [5, 5.41) is 3.30. The zero-order valence-corrected chi connectivity index (χ0v) is 20.0. The number of hydrogen-bond acceptors (Lipinski definition) is 4. The van der Waals surface area contributed by atoms with Crippen LogP contribution >= 0.6 is 11.6 Å². The van der Waals surface area contributed by atoms with Gasteiger partial charge in [0.15, 0.2) is 0 Å². The predicted octanol–water partition coefficient (Wildman–Crippen LogP) is 3.30. The third-order valence-electron chi connectivity index (χ3n) is 5.48. The van der Waals surface area contributed by atoms with Crippen LogP contribution in [0.1, 0.15) is 27.2 Å². The van der Waals surface area contributed by atoms with Gasteiger partial charge in [0.2, 0.25) is 21.8 Å². The van der Waals surface area contributed by atoms with Gasteiger partial charge in [0.25, 0.3) is 0 Å². The maximum atomic E-state index is 13.4. The van der Waals surface area contributed by atoms with Gasteiger partial charge in [0.05, 0.1) is 11.4 Å². The molecule has 1 atom stereocenters. The molecule has 9 heteroatoms. The number of piperazine rings is 1. The summed E-state index contributed by atoms with van der Waals surface area (Å²) >= 11 is 6.14. The smallest absolute Gasteiger partial charge is 0.247 e. The molecule has 0 spiro atoms. The van der Waals surface area contributed by atoms with Crippen LogP contribution in [-0.2, 0) is 19.6 Å². The molecule has 0 aromatic heterocycles. The lowest BCUT2D eigenvalue weighted by molar-refractivity contribution is -0.132. The molecule has 0 bridgehead atoms. The van der Waals surface area contributed by atoms with Gasteiger partial charge in [0.1, 0.15) is 5.54 Å². The summed E-state index contributed by atoms with van der Waals surface area (Å²) in [6.07, 6.45) is 0.763. The quantitative estimate of drug-likeness (QED) is 0.662. The first-order valence-corrected chi connectivity index (χ1v) is 12.3. The lowest BCUT2D eigenvalue weighted by atomic mass is 9.94. The fraction of sp³-hybridized carbons (Fsp3) is 0.391. The molecule has 1 N–H and O–H groups in total. The average molecular weight is 478 g/mol. The number of rotatable bonds is 7. The Hall–Kier alpha value is -2.42. The minimum atomic E-state index is -3.97. The molecule has 0 saturated carbocycles. The molecule has 1 aliphatic heterocycles. The van der Waals surface area contributed by atoms with Crippen molar-refractivity contribution >= 4 is 39.1 Å². The molecule has 1 fully saturated rings. The largest absolute Gasteiger partial charge is 0.354 e. The summed E-state index contributed by atoms with van der Waals surface area (Å²) in [7, 11) is -3.97. The van der Waals surface area contributed by atoms with Crippen LogP contribution in [0.4, 0.5) is 5.69 Å². The van der Waals surface area contributed by atoms with E-state index in [2.05, 4.69) is 5.32 Å². The van der Waals surface area contributed by atoms with Crippen molar-refractivity contribution in [3.05, 3.63) is 59.6 Å². The Morgan fingerprint density at radius 1 is 1.16 bits per heavy atom. The lowest BCUT2D eigenvalue weighted by Gasteiger charge is -2.46. The molecule has 2 aromatic carbocycles. The fourth-order valence-corrected chi connectivity index (χ4v) is 5.45. The molecule has 1 unspecified atom stereocenters. The molecule has 3 rings (SSSR count). The van der Waals surface area contributed by atoms with E-state index in [0.29, 0.717) is 23.2 Å². The Balaban J connectivity index is 2.01. The topological polar surface area (TPSA) is 86.8 Å². The van der Waals surface area contributed by atoms with Gasteiger partial charge < -0.3 is 5.32 Å². The van der Waals surface area contributed by atoms with E-state index < -0.39 is 27.4 Å². The summed E-state index contributed by atoms with van der Waals surface area (Å²) in [6, 6.07) is 14.6. The van der Waals surface area contributed by atoms with Gasteiger partial charge >= 0.3 is 0 Å². The van der Waals surface area contributed by atoms with Crippen LogP contribution in [0.3, 0.4) is 0 Å². The molecular formula is C23H28ClN3O4S. The highest BCUT2D eigenvalue weighted by atomic mass is 35.5.